The predicted octanol–water partition coefficient (Wildman–Crippen LogP) is 2.99. The van der Waals surface area contributed by atoms with Crippen LogP contribution in [0.5, 0.6) is 0 Å². The van der Waals surface area contributed by atoms with Crippen LogP contribution in [0.3, 0.4) is 0 Å². The summed E-state index contributed by atoms with van der Waals surface area (Å²) in [7, 11) is 0. The highest BCUT2D eigenvalue weighted by molar-refractivity contribution is 5.73. The first kappa shape index (κ1) is 15.3. The monoisotopic (exact) mass is 288 g/mol. The maximum absolute atomic E-state index is 11.1. The second kappa shape index (κ2) is 7.04. The molecule has 1 aromatic carbocycles. The molecule has 0 saturated carbocycles. The van der Waals surface area contributed by atoms with E-state index in [0.717, 1.165) is 12.0 Å². The summed E-state index contributed by atoms with van der Waals surface area (Å²) in [4.78, 5) is 15.2. The van der Waals surface area contributed by atoms with Crippen molar-refractivity contribution >= 4 is 5.97 Å². The number of hydrogen-bond acceptors (Lipinski definition) is 4. The Kier molecular flexibility index (Phi) is 5.11. The highest BCUT2D eigenvalue weighted by Gasteiger charge is 2.16. The number of carbonyl (C=O) groups is 1. The Balaban J connectivity index is 2.00. The first-order valence-corrected chi connectivity index (χ1v) is 7.08. The molecule has 1 atom stereocenters. The average molecular weight is 288 g/mol. The molecule has 1 heterocycles. The van der Waals surface area contributed by atoms with Gasteiger partial charge in [0, 0.05) is 5.56 Å². The van der Waals surface area contributed by atoms with Gasteiger partial charge in [0.05, 0.1) is 12.7 Å². The molecule has 0 aliphatic carbocycles. The van der Waals surface area contributed by atoms with E-state index in [-0.39, 0.29) is 0 Å². The molecule has 0 spiro atoms. The van der Waals surface area contributed by atoms with E-state index in [1.54, 1.807) is 6.20 Å². The average Bonchev–Trinajstić information content (AvgIpc) is 2.92. The van der Waals surface area contributed by atoms with Crippen LogP contribution in [0.25, 0.3) is 11.3 Å². The van der Waals surface area contributed by atoms with Crippen molar-refractivity contribution in [2.45, 2.75) is 39.3 Å². The molecule has 0 aliphatic heterocycles. The van der Waals surface area contributed by atoms with Crippen LogP contribution in [0, 0.1) is 6.92 Å². The van der Waals surface area contributed by atoms with Crippen LogP contribution in [-0.4, -0.2) is 22.1 Å². The third kappa shape index (κ3) is 4.16. The Morgan fingerprint density at radius 1 is 1.38 bits per heavy atom. The Bertz CT molecular complexity index is 590. The Morgan fingerprint density at radius 3 is 2.71 bits per heavy atom. The summed E-state index contributed by atoms with van der Waals surface area (Å²) >= 11 is 0. The Morgan fingerprint density at radius 2 is 2.10 bits per heavy atom. The molecule has 2 N–H and O–H groups in total. The number of aryl methyl sites for hydroxylation is 1. The molecule has 0 fully saturated rings. The van der Waals surface area contributed by atoms with Gasteiger partial charge in [0.15, 0.2) is 5.76 Å². The molecular formula is C16H20N2O3. The number of hydrogen-bond donors (Lipinski definition) is 2. The van der Waals surface area contributed by atoms with Crippen LogP contribution in [0.4, 0.5) is 0 Å². The lowest BCUT2D eigenvalue weighted by Crippen LogP contribution is -2.36. The van der Waals surface area contributed by atoms with Gasteiger partial charge in [-0.05, 0) is 13.3 Å². The first-order chi connectivity index (χ1) is 10.1. The maximum Gasteiger partial charge on any atom is 0.320 e. The lowest BCUT2D eigenvalue weighted by Gasteiger charge is -2.11. The number of benzene rings is 1. The Labute approximate surface area is 124 Å². The van der Waals surface area contributed by atoms with Crippen molar-refractivity contribution in [2.24, 2.45) is 0 Å². The Hall–Kier alpha value is -2.14. The van der Waals surface area contributed by atoms with E-state index in [2.05, 4.69) is 10.3 Å². The van der Waals surface area contributed by atoms with Crippen molar-refractivity contribution in [3.63, 3.8) is 0 Å². The summed E-state index contributed by atoms with van der Waals surface area (Å²) in [5, 5.41) is 12.0. The maximum atomic E-state index is 11.1. The molecule has 2 aromatic rings. The zero-order valence-corrected chi connectivity index (χ0v) is 12.3. The first-order valence-electron chi connectivity index (χ1n) is 7.08. The van der Waals surface area contributed by atoms with Crippen molar-refractivity contribution in [1.82, 2.24) is 10.3 Å². The normalized spacial score (nSPS) is 12.3. The van der Waals surface area contributed by atoms with Gasteiger partial charge in [-0.15, -0.1) is 0 Å². The van der Waals surface area contributed by atoms with E-state index >= 15 is 0 Å². The second-order valence-corrected chi connectivity index (χ2v) is 5.04. The summed E-state index contributed by atoms with van der Waals surface area (Å²) in [6, 6.07) is 7.41. The molecule has 5 nitrogen and oxygen atoms in total. The minimum Gasteiger partial charge on any atom is -0.480 e. The van der Waals surface area contributed by atoms with E-state index in [9.17, 15) is 4.79 Å². The number of carboxylic acids is 1. The van der Waals surface area contributed by atoms with Gasteiger partial charge in [-0.3, -0.25) is 10.1 Å². The van der Waals surface area contributed by atoms with Crippen LogP contribution >= 0.6 is 0 Å². The SMILES string of the molecule is CCCC(NCc1ncc(-c2ccc(C)cc2)o1)C(=O)O. The van der Waals surface area contributed by atoms with Crippen molar-refractivity contribution in [3.8, 4) is 11.3 Å². The van der Waals surface area contributed by atoms with Gasteiger partial charge in [0.1, 0.15) is 6.04 Å². The summed E-state index contributed by atoms with van der Waals surface area (Å²) in [6.07, 6.45) is 3.06. The highest BCUT2D eigenvalue weighted by Crippen LogP contribution is 2.20. The van der Waals surface area contributed by atoms with Gasteiger partial charge < -0.3 is 9.52 Å². The van der Waals surface area contributed by atoms with E-state index < -0.39 is 12.0 Å². The second-order valence-electron chi connectivity index (χ2n) is 5.04. The number of rotatable bonds is 7. The number of aromatic nitrogens is 1. The molecule has 0 radical (unpaired) electrons. The number of carboxylic acid groups (broad SMARTS) is 1. The number of nitrogens with one attached hydrogen (secondary N) is 1. The highest BCUT2D eigenvalue weighted by atomic mass is 16.4. The number of aliphatic carboxylic acids is 1. The third-order valence-electron chi connectivity index (χ3n) is 3.26. The zero-order chi connectivity index (χ0) is 15.2. The minimum atomic E-state index is -0.845. The van der Waals surface area contributed by atoms with Gasteiger partial charge in [0.2, 0.25) is 5.89 Å². The fourth-order valence-corrected chi connectivity index (χ4v) is 2.06. The summed E-state index contributed by atoms with van der Waals surface area (Å²) in [6.45, 7) is 4.29. The summed E-state index contributed by atoms with van der Waals surface area (Å²) in [5.41, 5.74) is 2.15. The number of oxazole rings is 1. The van der Waals surface area contributed by atoms with Gasteiger partial charge >= 0.3 is 5.97 Å². The molecule has 5 heteroatoms. The molecule has 0 saturated heterocycles. The molecule has 0 amide bonds. The topological polar surface area (TPSA) is 75.4 Å². The van der Waals surface area contributed by atoms with Crippen LogP contribution < -0.4 is 5.32 Å². The van der Waals surface area contributed by atoms with Crippen LogP contribution in [0.15, 0.2) is 34.9 Å². The molecule has 1 aromatic heterocycles. The molecule has 0 bridgehead atoms. The molecule has 1 unspecified atom stereocenters. The zero-order valence-electron chi connectivity index (χ0n) is 12.3. The van der Waals surface area contributed by atoms with Crippen LogP contribution in [-0.2, 0) is 11.3 Å². The smallest absolute Gasteiger partial charge is 0.320 e. The quantitative estimate of drug-likeness (QED) is 0.819. The van der Waals surface area contributed by atoms with Crippen molar-refractivity contribution in [3.05, 3.63) is 41.9 Å². The fraction of sp³-hybridized carbons (Fsp3) is 0.375. The van der Waals surface area contributed by atoms with Gasteiger partial charge in [0.25, 0.3) is 0 Å². The molecule has 112 valence electrons. The summed E-state index contributed by atoms with van der Waals surface area (Å²) < 4.78 is 5.65. The van der Waals surface area contributed by atoms with Crippen LogP contribution in [0.2, 0.25) is 0 Å². The lowest BCUT2D eigenvalue weighted by molar-refractivity contribution is -0.139. The van der Waals surface area contributed by atoms with Crippen molar-refractivity contribution in [1.29, 1.82) is 0 Å². The molecule has 2 rings (SSSR count). The van der Waals surface area contributed by atoms with Crippen molar-refractivity contribution in [2.75, 3.05) is 0 Å². The van der Waals surface area contributed by atoms with E-state index in [1.165, 1.54) is 5.56 Å². The summed E-state index contributed by atoms with van der Waals surface area (Å²) in [5.74, 6) is 0.337. The molecular weight excluding hydrogens is 268 g/mol. The molecule has 21 heavy (non-hydrogen) atoms. The van der Waals surface area contributed by atoms with Crippen LogP contribution in [0.1, 0.15) is 31.2 Å². The van der Waals surface area contributed by atoms with Gasteiger partial charge in [-0.1, -0.05) is 43.2 Å². The number of nitrogens with zero attached hydrogens (tertiary/aromatic N) is 1. The standard InChI is InChI=1S/C16H20N2O3/c1-3-4-13(16(19)20)17-10-15-18-9-14(21-15)12-7-5-11(2)6-8-12/h5-9,13,17H,3-4,10H2,1-2H3,(H,19,20). The third-order valence-corrected chi connectivity index (χ3v) is 3.26. The van der Waals surface area contributed by atoms with E-state index in [4.69, 9.17) is 9.52 Å². The largest absolute Gasteiger partial charge is 0.480 e. The minimum absolute atomic E-state index is 0.308. The van der Waals surface area contributed by atoms with Crippen molar-refractivity contribution < 1.29 is 14.3 Å². The van der Waals surface area contributed by atoms with Gasteiger partial charge in [-0.25, -0.2) is 4.98 Å². The van der Waals surface area contributed by atoms with E-state index in [1.807, 2.05) is 38.1 Å². The van der Waals surface area contributed by atoms with Gasteiger partial charge in [-0.2, -0.15) is 0 Å². The predicted molar refractivity (Wildman–Crippen MR) is 79.8 cm³/mol. The van der Waals surface area contributed by atoms with E-state index in [0.29, 0.717) is 24.6 Å². The fourth-order valence-electron chi connectivity index (χ4n) is 2.06. The molecule has 0 aliphatic rings. The lowest BCUT2D eigenvalue weighted by atomic mass is 10.1.